The second-order valence-corrected chi connectivity index (χ2v) is 8.86. The third-order valence-electron chi connectivity index (χ3n) is 5.03. The molecule has 116 valence electrons. The highest BCUT2D eigenvalue weighted by Crippen LogP contribution is 2.40. The number of sulfone groups is 1. The van der Waals surface area contributed by atoms with Gasteiger partial charge in [0.15, 0.2) is 9.84 Å². The van der Waals surface area contributed by atoms with E-state index in [1.54, 1.807) is 18.2 Å². The number of carbonyl (C=O) groups excluding carboxylic acids is 1. The maximum atomic E-state index is 12.6. The molecular weight excluding hydrogens is 298 g/mol. The van der Waals surface area contributed by atoms with E-state index in [9.17, 15) is 13.2 Å². The molecule has 2 atom stereocenters. The van der Waals surface area contributed by atoms with Gasteiger partial charge in [0.2, 0.25) is 0 Å². The van der Waals surface area contributed by atoms with Crippen LogP contribution in [0.2, 0.25) is 0 Å². The molecule has 1 aromatic rings. The van der Waals surface area contributed by atoms with Gasteiger partial charge in [-0.25, -0.2) is 8.42 Å². The minimum absolute atomic E-state index is 0.0782. The summed E-state index contributed by atoms with van der Waals surface area (Å²) in [5.74, 6) is -0.0972. The van der Waals surface area contributed by atoms with Gasteiger partial charge in [-0.05, 0) is 37.3 Å². The highest BCUT2D eigenvalue weighted by atomic mass is 32.2. The molecule has 0 radical (unpaired) electrons. The van der Waals surface area contributed by atoms with Crippen molar-refractivity contribution >= 4 is 15.6 Å². The van der Waals surface area contributed by atoms with E-state index in [2.05, 4.69) is 6.07 Å². The van der Waals surface area contributed by atoms with E-state index in [4.69, 9.17) is 5.26 Å². The SMILES string of the molecule is N#Cc1ccccc1CC(=O)C1CC2CCCC(C1)S2(=O)=O. The van der Waals surface area contributed by atoms with E-state index in [1.165, 1.54) is 0 Å². The molecule has 2 heterocycles. The fourth-order valence-electron chi connectivity index (χ4n) is 3.79. The predicted octanol–water partition coefficient (Wildman–Crippen LogP) is 2.42. The van der Waals surface area contributed by atoms with Crippen LogP contribution < -0.4 is 0 Å². The molecule has 0 spiro atoms. The molecule has 0 aliphatic carbocycles. The van der Waals surface area contributed by atoms with Crippen LogP contribution in [-0.4, -0.2) is 24.7 Å². The van der Waals surface area contributed by atoms with Crippen molar-refractivity contribution in [3.63, 3.8) is 0 Å². The third-order valence-corrected chi connectivity index (χ3v) is 7.75. The summed E-state index contributed by atoms with van der Waals surface area (Å²) in [5, 5.41) is 8.43. The number of nitriles is 1. The quantitative estimate of drug-likeness (QED) is 0.858. The van der Waals surface area contributed by atoms with Gasteiger partial charge in [0.1, 0.15) is 5.78 Å². The number of hydrogen-bond acceptors (Lipinski definition) is 4. The van der Waals surface area contributed by atoms with E-state index < -0.39 is 9.84 Å². The van der Waals surface area contributed by atoms with E-state index >= 15 is 0 Å². The smallest absolute Gasteiger partial charge is 0.156 e. The van der Waals surface area contributed by atoms with Gasteiger partial charge in [-0.15, -0.1) is 0 Å². The zero-order valence-electron chi connectivity index (χ0n) is 12.4. The summed E-state index contributed by atoms with van der Waals surface area (Å²) in [6.07, 6.45) is 3.49. The molecule has 2 saturated heterocycles. The Bertz CT molecular complexity index is 713. The molecule has 0 aromatic heterocycles. The Labute approximate surface area is 131 Å². The summed E-state index contributed by atoms with van der Waals surface area (Å²) in [4.78, 5) is 12.6. The van der Waals surface area contributed by atoms with Crippen LogP contribution in [0.25, 0.3) is 0 Å². The van der Waals surface area contributed by atoms with Crippen molar-refractivity contribution in [2.45, 2.75) is 49.0 Å². The first-order chi connectivity index (χ1) is 10.5. The summed E-state index contributed by atoms with van der Waals surface area (Å²) in [6, 6.07) is 9.23. The van der Waals surface area contributed by atoms with Gasteiger partial charge in [-0.1, -0.05) is 24.6 Å². The molecule has 22 heavy (non-hydrogen) atoms. The Morgan fingerprint density at radius 3 is 2.45 bits per heavy atom. The Morgan fingerprint density at radius 1 is 1.18 bits per heavy atom. The fraction of sp³-hybridized carbons (Fsp3) is 0.529. The second kappa shape index (κ2) is 5.85. The lowest BCUT2D eigenvalue weighted by Gasteiger charge is -2.38. The van der Waals surface area contributed by atoms with Crippen LogP contribution in [0, 0.1) is 17.2 Å². The minimum Gasteiger partial charge on any atom is -0.299 e. The van der Waals surface area contributed by atoms with Gasteiger partial charge in [0.25, 0.3) is 0 Å². The average molecular weight is 317 g/mol. The second-order valence-electron chi connectivity index (χ2n) is 6.34. The summed E-state index contributed by atoms with van der Waals surface area (Å²) in [5.41, 5.74) is 1.27. The van der Waals surface area contributed by atoms with Crippen LogP contribution in [0.15, 0.2) is 24.3 Å². The summed E-state index contributed by atoms with van der Waals surface area (Å²) in [7, 11) is -3.02. The van der Waals surface area contributed by atoms with Crippen molar-refractivity contribution in [3.8, 4) is 6.07 Å². The lowest BCUT2D eigenvalue weighted by Crippen LogP contribution is -2.45. The standard InChI is InChI=1S/C17H19NO3S/c18-11-13-5-2-1-4-12(13)10-17(19)14-8-15-6-3-7-16(9-14)22(15,20)21/h1-2,4-5,14-16H,3,6-10H2. The molecule has 2 fully saturated rings. The predicted molar refractivity (Wildman–Crippen MR) is 82.9 cm³/mol. The number of ketones is 1. The highest BCUT2D eigenvalue weighted by Gasteiger charge is 2.45. The Hall–Kier alpha value is -1.67. The van der Waals surface area contributed by atoms with Crippen LogP contribution in [0.4, 0.5) is 0 Å². The molecule has 0 saturated carbocycles. The topological polar surface area (TPSA) is 75.0 Å². The van der Waals surface area contributed by atoms with Crippen molar-refractivity contribution < 1.29 is 13.2 Å². The summed E-state index contributed by atoms with van der Waals surface area (Å²) < 4.78 is 24.5. The molecule has 2 aliphatic rings. The monoisotopic (exact) mass is 317 g/mol. The number of Topliss-reactive ketones (excluding diaryl/α,β-unsaturated/α-hetero) is 1. The molecule has 5 heteroatoms. The van der Waals surface area contributed by atoms with E-state index in [0.717, 1.165) is 12.0 Å². The van der Waals surface area contributed by atoms with E-state index in [0.29, 0.717) is 31.2 Å². The average Bonchev–Trinajstić information content (AvgIpc) is 2.46. The maximum absolute atomic E-state index is 12.6. The first-order valence-corrected chi connectivity index (χ1v) is 9.36. The van der Waals surface area contributed by atoms with Gasteiger partial charge in [-0.3, -0.25) is 4.79 Å². The highest BCUT2D eigenvalue weighted by molar-refractivity contribution is 7.92. The first-order valence-electron chi connectivity index (χ1n) is 7.76. The van der Waals surface area contributed by atoms with Gasteiger partial charge in [0, 0.05) is 12.3 Å². The minimum atomic E-state index is -3.02. The number of fused-ring (bicyclic) bond motifs is 2. The molecule has 2 bridgehead atoms. The zero-order valence-corrected chi connectivity index (χ0v) is 13.2. The van der Waals surface area contributed by atoms with Gasteiger partial charge in [0.05, 0.1) is 22.1 Å². The Kier molecular flexibility index (Phi) is 4.05. The first kappa shape index (κ1) is 15.2. The van der Waals surface area contributed by atoms with Gasteiger partial charge in [-0.2, -0.15) is 5.26 Å². The van der Waals surface area contributed by atoms with Crippen LogP contribution >= 0.6 is 0 Å². The number of benzene rings is 1. The lowest BCUT2D eigenvalue weighted by atomic mass is 9.84. The molecule has 2 unspecified atom stereocenters. The number of carbonyl (C=O) groups is 1. The van der Waals surface area contributed by atoms with Crippen molar-refractivity contribution in [1.82, 2.24) is 0 Å². The van der Waals surface area contributed by atoms with E-state index in [-0.39, 0.29) is 28.6 Å². The van der Waals surface area contributed by atoms with Crippen molar-refractivity contribution in [2.24, 2.45) is 5.92 Å². The molecule has 0 N–H and O–H groups in total. The molecule has 2 aliphatic heterocycles. The van der Waals surface area contributed by atoms with Crippen LogP contribution in [-0.2, 0) is 21.1 Å². The summed E-state index contributed by atoms with van der Waals surface area (Å²) >= 11 is 0. The van der Waals surface area contributed by atoms with E-state index in [1.807, 2.05) is 6.07 Å². The van der Waals surface area contributed by atoms with Gasteiger partial charge < -0.3 is 0 Å². The van der Waals surface area contributed by atoms with Crippen molar-refractivity contribution in [3.05, 3.63) is 35.4 Å². The summed E-state index contributed by atoms with van der Waals surface area (Å²) in [6.45, 7) is 0. The molecule has 3 rings (SSSR count). The molecule has 4 nitrogen and oxygen atoms in total. The molecule has 1 aromatic carbocycles. The largest absolute Gasteiger partial charge is 0.299 e. The van der Waals surface area contributed by atoms with Gasteiger partial charge >= 0.3 is 0 Å². The number of nitrogens with zero attached hydrogens (tertiary/aromatic N) is 1. The Morgan fingerprint density at radius 2 is 1.82 bits per heavy atom. The fourth-order valence-corrected chi connectivity index (χ4v) is 6.32. The van der Waals surface area contributed by atoms with Crippen LogP contribution in [0.1, 0.15) is 43.2 Å². The normalized spacial score (nSPS) is 29.5. The number of rotatable bonds is 3. The lowest BCUT2D eigenvalue weighted by molar-refractivity contribution is -0.122. The van der Waals surface area contributed by atoms with Crippen molar-refractivity contribution in [1.29, 1.82) is 5.26 Å². The zero-order chi connectivity index (χ0) is 15.7. The van der Waals surface area contributed by atoms with Crippen LogP contribution in [0.5, 0.6) is 0 Å². The maximum Gasteiger partial charge on any atom is 0.156 e. The van der Waals surface area contributed by atoms with Crippen molar-refractivity contribution in [2.75, 3.05) is 0 Å². The molecular formula is C17H19NO3S. The number of hydrogen-bond donors (Lipinski definition) is 0. The third kappa shape index (κ3) is 2.68. The Balaban J connectivity index is 1.76. The molecule has 0 amide bonds. The van der Waals surface area contributed by atoms with Crippen LogP contribution in [0.3, 0.4) is 0 Å².